The second kappa shape index (κ2) is 11.8. The van der Waals surface area contributed by atoms with Crippen LogP contribution in [0.4, 0.5) is 9.39 Å². The highest BCUT2D eigenvalue weighted by Gasteiger charge is 2.28. The van der Waals surface area contributed by atoms with Crippen LogP contribution in [0, 0.1) is 12.7 Å². The molecule has 0 saturated carbocycles. The van der Waals surface area contributed by atoms with Crippen LogP contribution in [0.1, 0.15) is 46.4 Å². The number of benzene rings is 1. The van der Waals surface area contributed by atoms with E-state index in [1.165, 1.54) is 35.1 Å². The van der Waals surface area contributed by atoms with Gasteiger partial charge in [-0.05, 0) is 57.5 Å². The van der Waals surface area contributed by atoms with E-state index in [0.29, 0.717) is 11.3 Å². The molecule has 1 amide bonds. The van der Waals surface area contributed by atoms with Crippen LogP contribution in [0.15, 0.2) is 40.4 Å². The van der Waals surface area contributed by atoms with Gasteiger partial charge in [-0.15, -0.1) is 11.3 Å². The van der Waals surface area contributed by atoms with Crippen LogP contribution in [0.5, 0.6) is 0 Å². The number of nitrogens with zero attached hydrogens (tertiary/aromatic N) is 3. The van der Waals surface area contributed by atoms with Crippen molar-refractivity contribution in [2.75, 3.05) is 18.5 Å². The second-order valence-corrected chi connectivity index (χ2v) is 10.4. The summed E-state index contributed by atoms with van der Waals surface area (Å²) in [6.45, 7) is 6.75. The van der Waals surface area contributed by atoms with Crippen molar-refractivity contribution in [3.63, 3.8) is 0 Å². The first-order valence-electron chi connectivity index (χ1n) is 11.8. The lowest BCUT2D eigenvalue weighted by atomic mass is 10.1. The van der Waals surface area contributed by atoms with E-state index in [1.807, 2.05) is 0 Å². The van der Waals surface area contributed by atoms with Gasteiger partial charge in [0.2, 0.25) is 5.91 Å². The van der Waals surface area contributed by atoms with Gasteiger partial charge in [0.25, 0.3) is 5.56 Å². The molecule has 0 aliphatic carbocycles. The molecule has 0 aliphatic rings. The smallest absolute Gasteiger partial charge is 0.348 e. The number of aromatic nitrogens is 4. The number of thioether (sulfide) groups is 1. The Balaban J connectivity index is 1.60. The van der Waals surface area contributed by atoms with E-state index in [4.69, 9.17) is 9.47 Å². The molecular weight excluding hydrogens is 549 g/mol. The zero-order valence-corrected chi connectivity index (χ0v) is 23.0. The molecule has 0 bridgehead atoms. The number of anilines is 1. The van der Waals surface area contributed by atoms with Gasteiger partial charge in [0.15, 0.2) is 10.8 Å². The third-order valence-electron chi connectivity index (χ3n) is 5.47. The zero-order valence-electron chi connectivity index (χ0n) is 21.4. The minimum absolute atomic E-state index is 0.0756. The predicted octanol–water partition coefficient (Wildman–Crippen LogP) is 4.09. The second-order valence-electron chi connectivity index (χ2n) is 8.09. The number of hydrogen-bond donors (Lipinski definition) is 2. The number of H-pyrrole nitrogens is 1. The molecular formula is C25H24FN5O6S2. The summed E-state index contributed by atoms with van der Waals surface area (Å²) in [7, 11) is 0. The number of halogens is 1. The molecule has 4 aromatic rings. The van der Waals surface area contributed by atoms with Gasteiger partial charge in [0, 0.05) is 0 Å². The molecule has 1 unspecified atom stereocenters. The highest BCUT2D eigenvalue weighted by atomic mass is 32.2. The van der Waals surface area contributed by atoms with Crippen LogP contribution in [0.2, 0.25) is 0 Å². The van der Waals surface area contributed by atoms with Crippen molar-refractivity contribution in [2.24, 2.45) is 0 Å². The van der Waals surface area contributed by atoms with Crippen LogP contribution in [-0.2, 0) is 14.3 Å². The highest BCUT2D eigenvalue weighted by molar-refractivity contribution is 8.00. The first kappa shape index (κ1) is 28.0. The monoisotopic (exact) mass is 573 g/mol. The average molecular weight is 574 g/mol. The van der Waals surface area contributed by atoms with Gasteiger partial charge in [-0.3, -0.25) is 9.59 Å². The predicted molar refractivity (Wildman–Crippen MR) is 144 cm³/mol. The Morgan fingerprint density at radius 3 is 2.49 bits per heavy atom. The Kier molecular flexibility index (Phi) is 8.45. The number of fused-ring (bicyclic) bond motifs is 1. The number of rotatable bonds is 9. The fourth-order valence-electron chi connectivity index (χ4n) is 3.60. The number of carbonyl (C=O) groups excluding carboxylic acids is 3. The van der Waals surface area contributed by atoms with E-state index in [-0.39, 0.29) is 44.8 Å². The molecule has 11 nitrogen and oxygen atoms in total. The maximum absolute atomic E-state index is 13.4. The van der Waals surface area contributed by atoms with Crippen molar-refractivity contribution in [3.8, 4) is 5.69 Å². The Morgan fingerprint density at radius 1 is 1.15 bits per heavy atom. The minimum atomic E-state index is -0.781. The molecule has 1 atom stereocenters. The Labute approximate surface area is 229 Å². The third kappa shape index (κ3) is 5.86. The van der Waals surface area contributed by atoms with Crippen LogP contribution in [0.3, 0.4) is 0 Å². The number of thiophene rings is 1. The number of aromatic amines is 1. The molecule has 2 N–H and O–H groups in total. The highest BCUT2D eigenvalue weighted by Crippen LogP contribution is 2.35. The summed E-state index contributed by atoms with van der Waals surface area (Å²) < 4.78 is 25.0. The standard InChI is InChI=1S/C25H24FN5O6S2/c1-5-36-23(34)17-12(3)18(24(35)37-6-2)39-22(17)29-20(32)13(4)38-25-28-19-16(21(33)30-25)11-27-31(19)15-9-7-14(26)8-10-15/h7-11,13H,5-6H2,1-4H3,(H,29,32)(H,28,30,33). The SMILES string of the molecule is CCOC(=O)c1sc(NC(=O)C(C)Sc2nc3c(cnn3-c3ccc(F)cc3)c(=O)[nH]2)c(C(=O)OCC)c1C. The molecule has 0 aliphatic heterocycles. The van der Waals surface area contributed by atoms with Crippen molar-refractivity contribution < 1.29 is 28.2 Å². The normalized spacial score (nSPS) is 11.8. The van der Waals surface area contributed by atoms with E-state index in [9.17, 15) is 23.6 Å². The molecule has 0 spiro atoms. The van der Waals surface area contributed by atoms with Gasteiger partial charge in [0.05, 0.1) is 35.9 Å². The molecule has 0 radical (unpaired) electrons. The maximum Gasteiger partial charge on any atom is 0.348 e. The van der Waals surface area contributed by atoms with E-state index in [0.717, 1.165) is 23.1 Å². The van der Waals surface area contributed by atoms with Crippen LogP contribution in [-0.4, -0.2) is 56.1 Å². The molecule has 4 rings (SSSR count). The van der Waals surface area contributed by atoms with E-state index >= 15 is 0 Å². The number of amides is 1. The largest absolute Gasteiger partial charge is 0.462 e. The van der Waals surface area contributed by atoms with Crippen LogP contribution in [0.25, 0.3) is 16.7 Å². The van der Waals surface area contributed by atoms with E-state index < -0.39 is 34.5 Å². The molecule has 3 aromatic heterocycles. The number of carbonyl (C=O) groups is 3. The van der Waals surface area contributed by atoms with Gasteiger partial charge in [0.1, 0.15) is 21.1 Å². The lowest BCUT2D eigenvalue weighted by molar-refractivity contribution is -0.115. The maximum atomic E-state index is 13.4. The number of esters is 2. The van der Waals surface area contributed by atoms with Crippen LogP contribution >= 0.6 is 23.1 Å². The molecule has 0 fully saturated rings. The molecule has 39 heavy (non-hydrogen) atoms. The fraction of sp³-hybridized carbons (Fsp3) is 0.280. The summed E-state index contributed by atoms with van der Waals surface area (Å²) in [6, 6.07) is 5.54. The number of ether oxygens (including phenoxy) is 2. The zero-order chi connectivity index (χ0) is 28.3. The Bertz CT molecular complexity index is 1610. The van der Waals surface area contributed by atoms with Gasteiger partial charge >= 0.3 is 11.9 Å². The van der Waals surface area contributed by atoms with Crippen molar-refractivity contribution in [2.45, 2.75) is 38.1 Å². The van der Waals surface area contributed by atoms with E-state index in [1.54, 1.807) is 27.7 Å². The minimum Gasteiger partial charge on any atom is -0.462 e. The lowest BCUT2D eigenvalue weighted by Crippen LogP contribution is -2.24. The van der Waals surface area contributed by atoms with Crippen molar-refractivity contribution in [1.29, 1.82) is 0 Å². The average Bonchev–Trinajstić information content (AvgIpc) is 3.46. The summed E-state index contributed by atoms with van der Waals surface area (Å²) in [6.07, 6.45) is 1.35. The summed E-state index contributed by atoms with van der Waals surface area (Å²) in [5.74, 6) is -2.21. The van der Waals surface area contributed by atoms with Crippen molar-refractivity contribution in [1.82, 2.24) is 19.7 Å². The van der Waals surface area contributed by atoms with Crippen molar-refractivity contribution >= 4 is 57.0 Å². The summed E-state index contributed by atoms with van der Waals surface area (Å²) in [5.41, 5.74) is 0.701. The van der Waals surface area contributed by atoms with Crippen molar-refractivity contribution in [3.05, 3.63) is 62.6 Å². The molecule has 204 valence electrons. The number of nitrogens with one attached hydrogen (secondary N) is 2. The van der Waals surface area contributed by atoms with Gasteiger partial charge < -0.3 is 19.8 Å². The van der Waals surface area contributed by atoms with Crippen LogP contribution < -0.4 is 10.9 Å². The first-order valence-corrected chi connectivity index (χ1v) is 13.5. The quantitative estimate of drug-likeness (QED) is 0.172. The molecule has 14 heteroatoms. The van der Waals surface area contributed by atoms with Gasteiger partial charge in [-0.25, -0.2) is 23.6 Å². The van der Waals surface area contributed by atoms with E-state index in [2.05, 4.69) is 20.4 Å². The summed E-state index contributed by atoms with van der Waals surface area (Å²) in [5, 5.41) is 6.63. The van der Waals surface area contributed by atoms with Gasteiger partial charge in [-0.1, -0.05) is 11.8 Å². The van der Waals surface area contributed by atoms with Gasteiger partial charge in [-0.2, -0.15) is 5.10 Å². The summed E-state index contributed by atoms with van der Waals surface area (Å²) >= 11 is 1.89. The number of hydrogen-bond acceptors (Lipinski definition) is 10. The Hall–Kier alpha value is -4.04. The molecule has 1 aromatic carbocycles. The first-order chi connectivity index (χ1) is 18.6. The molecule has 3 heterocycles. The Morgan fingerprint density at radius 2 is 1.82 bits per heavy atom. The summed E-state index contributed by atoms with van der Waals surface area (Å²) in [4.78, 5) is 58.1. The lowest BCUT2D eigenvalue weighted by Gasteiger charge is -2.12. The third-order valence-corrected chi connectivity index (χ3v) is 7.64. The topological polar surface area (TPSA) is 145 Å². The fourth-order valence-corrected chi connectivity index (χ4v) is 5.49. The molecule has 0 saturated heterocycles.